The molecular formula is C22H27FN2O3S. The first-order chi connectivity index (χ1) is 13.7. The van der Waals surface area contributed by atoms with E-state index in [1.807, 2.05) is 32.9 Å². The largest absolute Gasteiger partial charge is 0.352 e. The molecule has 2 aromatic carbocycles. The third-order valence-electron chi connectivity index (χ3n) is 5.34. The highest BCUT2D eigenvalue weighted by Crippen LogP contribution is 2.29. The maximum absolute atomic E-state index is 13.3. The summed E-state index contributed by atoms with van der Waals surface area (Å²) in [6.07, 6.45) is 1.28. The van der Waals surface area contributed by atoms with Crippen molar-refractivity contribution in [1.29, 1.82) is 0 Å². The number of amides is 1. The number of sulfonamides is 1. The van der Waals surface area contributed by atoms with Gasteiger partial charge in [-0.1, -0.05) is 29.8 Å². The zero-order chi connectivity index (χ0) is 21.2. The number of carbonyl (C=O) groups excluding carboxylic acids is 1. The van der Waals surface area contributed by atoms with E-state index in [0.29, 0.717) is 30.8 Å². The van der Waals surface area contributed by atoms with Gasteiger partial charge in [-0.25, -0.2) is 12.8 Å². The van der Waals surface area contributed by atoms with Gasteiger partial charge < -0.3 is 5.32 Å². The number of aryl methyl sites for hydroxylation is 3. The third kappa shape index (κ3) is 4.85. The maximum atomic E-state index is 13.3. The molecule has 1 saturated heterocycles. The standard InChI is InChI=1S/C22H27FN2O3S/c1-15-11-16(2)21(17(3)12-15)29(27,28)25-10-4-5-19(14-25)22(26)24-13-18-6-8-20(23)9-7-18/h6-9,11-12,19H,4-5,10,13-14H2,1-3H3,(H,24,26)/t19-/m1/s1. The summed E-state index contributed by atoms with van der Waals surface area (Å²) >= 11 is 0. The lowest BCUT2D eigenvalue weighted by Crippen LogP contribution is -2.45. The number of carbonyl (C=O) groups is 1. The van der Waals surface area contributed by atoms with Crippen molar-refractivity contribution in [3.8, 4) is 0 Å². The Balaban J connectivity index is 1.71. The lowest BCUT2D eigenvalue weighted by Gasteiger charge is -2.32. The van der Waals surface area contributed by atoms with Crippen LogP contribution in [0.1, 0.15) is 35.1 Å². The fraction of sp³-hybridized carbons (Fsp3) is 0.409. The number of nitrogens with zero attached hydrogens (tertiary/aromatic N) is 1. The Labute approximate surface area is 172 Å². The molecule has 1 N–H and O–H groups in total. The predicted molar refractivity (Wildman–Crippen MR) is 110 cm³/mol. The van der Waals surface area contributed by atoms with Gasteiger partial charge in [0.05, 0.1) is 10.8 Å². The van der Waals surface area contributed by atoms with E-state index in [2.05, 4.69) is 5.32 Å². The minimum absolute atomic E-state index is 0.171. The van der Waals surface area contributed by atoms with Gasteiger partial charge in [0, 0.05) is 19.6 Å². The number of hydrogen-bond donors (Lipinski definition) is 1. The molecule has 3 rings (SSSR count). The molecule has 1 amide bonds. The van der Waals surface area contributed by atoms with Crippen LogP contribution in [-0.4, -0.2) is 31.7 Å². The van der Waals surface area contributed by atoms with Crippen molar-refractivity contribution in [3.05, 3.63) is 64.5 Å². The van der Waals surface area contributed by atoms with Crippen molar-refractivity contribution in [2.24, 2.45) is 5.92 Å². The van der Waals surface area contributed by atoms with E-state index < -0.39 is 15.9 Å². The van der Waals surface area contributed by atoms with Crippen LogP contribution in [0.4, 0.5) is 4.39 Å². The summed E-state index contributed by atoms with van der Waals surface area (Å²) in [5.41, 5.74) is 3.28. The van der Waals surface area contributed by atoms with Crippen molar-refractivity contribution in [3.63, 3.8) is 0 Å². The molecule has 0 radical (unpaired) electrons. The average Bonchev–Trinajstić information content (AvgIpc) is 2.66. The summed E-state index contributed by atoms with van der Waals surface area (Å²) < 4.78 is 41.0. The first kappa shape index (κ1) is 21.5. The zero-order valence-electron chi connectivity index (χ0n) is 17.0. The summed E-state index contributed by atoms with van der Waals surface area (Å²) in [5.74, 6) is -0.897. The highest BCUT2D eigenvalue weighted by molar-refractivity contribution is 7.89. The molecule has 29 heavy (non-hydrogen) atoms. The highest BCUT2D eigenvalue weighted by Gasteiger charge is 2.34. The van der Waals surface area contributed by atoms with Gasteiger partial charge in [0.1, 0.15) is 5.82 Å². The van der Waals surface area contributed by atoms with E-state index >= 15 is 0 Å². The summed E-state index contributed by atoms with van der Waals surface area (Å²) in [4.78, 5) is 13.0. The number of hydrogen-bond acceptors (Lipinski definition) is 3. The van der Waals surface area contributed by atoms with E-state index in [1.165, 1.54) is 16.4 Å². The van der Waals surface area contributed by atoms with Crippen molar-refractivity contribution in [1.82, 2.24) is 9.62 Å². The van der Waals surface area contributed by atoms with E-state index in [4.69, 9.17) is 0 Å². The molecule has 1 fully saturated rings. The monoisotopic (exact) mass is 418 g/mol. The number of halogens is 1. The van der Waals surface area contributed by atoms with E-state index in [9.17, 15) is 17.6 Å². The van der Waals surface area contributed by atoms with Crippen molar-refractivity contribution >= 4 is 15.9 Å². The van der Waals surface area contributed by atoms with Crippen LogP contribution in [-0.2, 0) is 21.4 Å². The van der Waals surface area contributed by atoms with Gasteiger partial charge in [0.2, 0.25) is 15.9 Å². The molecular weight excluding hydrogens is 391 g/mol. The highest BCUT2D eigenvalue weighted by atomic mass is 32.2. The van der Waals surface area contributed by atoms with Crippen LogP contribution in [0.25, 0.3) is 0 Å². The van der Waals surface area contributed by atoms with Gasteiger partial charge in [-0.2, -0.15) is 4.31 Å². The van der Waals surface area contributed by atoms with Crippen LogP contribution in [0.15, 0.2) is 41.3 Å². The molecule has 156 valence electrons. The second-order valence-corrected chi connectivity index (χ2v) is 9.65. The minimum Gasteiger partial charge on any atom is -0.352 e. The molecule has 7 heteroatoms. The molecule has 2 aromatic rings. The van der Waals surface area contributed by atoms with Gasteiger partial charge in [-0.15, -0.1) is 0 Å². The fourth-order valence-corrected chi connectivity index (χ4v) is 5.95. The Morgan fingerprint density at radius 1 is 1.14 bits per heavy atom. The van der Waals surface area contributed by atoms with E-state index in [1.54, 1.807) is 12.1 Å². The van der Waals surface area contributed by atoms with Crippen molar-refractivity contribution in [2.75, 3.05) is 13.1 Å². The summed E-state index contributed by atoms with van der Waals surface area (Å²) in [5, 5.41) is 2.85. The van der Waals surface area contributed by atoms with Crippen LogP contribution in [0.2, 0.25) is 0 Å². The molecule has 1 aliphatic rings. The number of piperidine rings is 1. The fourth-order valence-electron chi connectivity index (χ4n) is 4.01. The van der Waals surface area contributed by atoms with E-state index in [-0.39, 0.29) is 18.3 Å². The molecule has 0 saturated carbocycles. The molecule has 0 spiro atoms. The smallest absolute Gasteiger partial charge is 0.243 e. The van der Waals surface area contributed by atoms with Crippen LogP contribution >= 0.6 is 0 Å². The summed E-state index contributed by atoms with van der Waals surface area (Å²) in [6.45, 7) is 6.44. The Bertz CT molecular complexity index is 980. The zero-order valence-corrected chi connectivity index (χ0v) is 17.9. The topological polar surface area (TPSA) is 66.5 Å². The maximum Gasteiger partial charge on any atom is 0.243 e. The molecule has 0 bridgehead atoms. The Morgan fingerprint density at radius 3 is 2.38 bits per heavy atom. The van der Waals surface area contributed by atoms with Crippen molar-refractivity contribution < 1.29 is 17.6 Å². The molecule has 0 aromatic heterocycles. The number of rotatable bonds is 5. The first-order valence-corrected chi connectivity index (χ1v) is 11.2. The molecule has 1 aliphatic heterocycles. The molecule has 0 aliphatic carbocycles. The lowest BCUT2D eigenvalue weighted by molar-refractivity contribution is -0.126. The van der Waals surface area contributed by atoms with Crippen LogP contribution < -0.4 is 5.32 Å². The van der Waals surface area contributed by atoms with Gasteiger partial charge in [0.25, 0.3) is 0 Å². The molecule has 1 heterocycles. The van der Waals surface area contributed by atoms with Gasteiger partial charge in [-0.05, 0) is 62.4 Å². The van der Waals surface area contributed by atoms with Gasteiger partial charge in [0.15, 0.2) is 0 Å². The normalized spacial score (nSPS) is 17.9. The quantitative estimate of drug-likeness (QED) is 0.809. The number of benzene rings is 2. The predicted octanol–water partition coefficient (Wildman–Crippen LogP) is 3.47. The van der Waals surface area contributed by atoms with Gasteiger partial charge in [-0.3, -0.25) is 4.79 Å². The van der Waals surface area contributed by atoms with Gasteiger partial charge >= 0.3 is 0 Å². The minimum atomic E-state index is -3.67. The van der Waals surface area contributed by atoms with Crippen LogP contribution in [0, 0.1) is 32.5 Å². The molecule has 5 nitrogen and oxygen atoms in total. The van der Waals surface area contributed by atoms with Crippen molar-refractivity contribution in [2.45, 2.75) is 45.1 Å². The molecule has 1 atom stereocenters. The third-order valence-corrected chi connectivity index (χ3v) is 7.51. The first-order valence-electron chi connectivity index (χ1n) is 9.78. The second-order valence-electron chi connectivity index (χ2n) is 7.77. The summed E-state index contributed by atoms with van der Waals surface area (Å²) in [7, 11) is -3.67. The Morgan fingerprint density at radius 2 is 1.76 bits per heavy atom. The molecule has 0 unspecified atom stereocenters. The number of nitrogens with one attached hydrogen (secondary N) is 1. The summed E-state index contributed by atoms with van der Waals surface area (Å²) in [6, 6.07) is 9.69. The lowest BCUT2D eigenvalue weighted by atomic mass is 9.99. The van der Waals surface area contributed by atoms with Crippen LogP contribution in [0.5, 0.6) is 0 Å². The Hall–Kier alpha value is -2.25. The van der Waals surface area contributed by atoms with E-state index in [0.717, 1.165) is 22.3 Å². The average molecular weight is 419 g/mol. The SMILES string of the molecule is Cc1cc(C)c(S(=O)(=O)N2CCC[C@@H](C(=O)NCc3ccc(F)cc3)C2)c(C)c1. The van der Waals surface area contributed by atoms with Crippen LogP contribution in [0.3, 0.4) is 0 Å². The second kappa shape index (κ2) is 8.63. The Kier molecular flexibility index (Phi) is 6.39.